The molecular weight excluding hydrogens is 278 g/mol. The number of rotatable bonds is 1. The number of fused-ring (bicyclic) bond motifs is 2. The maximum absolute atomic E-state index is 12.6. The summed E-state index contributed by atoms with van der Waals surface area (Å²) in [4.78, 5) is 14.4. The summed E-state index contributed by atoms with van der Waals surface area (Å²) in [5, 5.41) is -0.325. The molecule has 0 fully saturated rings. The summed E-state index contributed by atoms with van der Waals surface area (Å²) in [7, 11) is 0. The molecule has 3 rings (SSSR count). The number of anilines is 1. The first-order chi connectivity index (χ1) is 10.2. The molecule has 1 aliphatic rings. The molecule has 2 nitrogen and oxygen atoms in total. The number of hydrogen-bond acceptors (Lipinski definition) is 2. The van der Waals surface area contributed by atoms with Gasteiger partial charge >= 0.3 is 0 Å². The molecule has 0 saturated carbocycles. The molecule has 0 saturated heterocycles. The average Bonchev–Trinajstić information content (AvgIpc) is 2.49. The van der Waals surface area contributed by atoms with Gasteiger partial charge in [-0.05, 0) is 29.7 Å². The van der Waals surface area contributed by atoms with Gasteiger partial charge in [0.25, 0.3) is 0 Å². The smallest absolute Gasteiger partial charge is 0.239 e. The predicted molar refractivity (Wildman–Crippen MR) is 91.5 cm³/mol. The summed E-state index contributed by atoms with van der Waals surface area (Å²) < 4.78 is 0. The first-order valence-corrected chi connectivity index (χ1v) is 7.53. The van der Waals surface area contributed by atoms with E-state index < -0.39 is 0 Å². The van der Waals surface area contributed by atoms with Crippen molar-refractivity contribution in [2.45, 2.75) is 18.7 Å². The second-order valence-electron chi connectivity index (χ2n) is 5.19. The lowest BCUT2D eigenvalue weighted by atomic mass is 10.0. The highest BCUT2D eigenvalue weighted by Gasteiger charge is 2.23. The summed E-state index contributed by atoms with van der Waals surface area (Å²) in [5.41, 5.74) is 4.28. The molecule has 0 bridgehead atoms. The van der Waals surface area contributed by atoms with Crippen LogP contribution in [-0.2, 0) is 11.3 Å². The second kappa shape index (κ2) is 5.78. The molecule has 1 aliphatic heterocycles. The third-order valence-corrected chi connectivity index (χ3v) is 3.90. The van der Waals surface area contributed by atoms with E-state index in [4.69, 9.17) is 0 Å². The van der Waals surface area contributed by atoms with Crippen molar-refractivity contribution in [3.8, 4) is 0 Å². The maximum Gasteiger partial charge on any atom is 0.239 e. The van der Waals surface area contributed by atoms with Crippen molar-refractivity contribution < 1.29 is 4.79 Å². The van der Waals surface area contributed by atoms with E-state index in [-0.39, 0.29) is 11.2 Å². The van der Waals surface area contributed by atoms with Crippen molar-refractivity contribution in [3.05, 3.63) is 65.2 Å². The minimum absolute atomic E-state index is 0.0240. The number of amides is 1. The van der Waals surface area contributed by atoms with Gasteiger partial charge < -0.3 is 4.90 Å². The molecule has 3 heteroatoms. The third-order valence-electron chi connectivity index (χ3n) is 3.68. The molecule has 1 unspecified atom stereocenters. The van der Waals surface area contributed by atoms with Crippen LogP contribution in [-0.4, -0.2) is 11.2 Å². The molecule has 1 heterocycles. The zero-order chi connectivity index (χ0) is 14.8. The van der Waals surface area contributed by atoms with Crippen LogP contribution in [0.3, 0.4) is 0 Å². The van der Waals surface area contributed by atoms with Gasteiger partial charge in [0, 0.05) is 0 Å². The quantitative estimate of drug-likeness (QED) is 0.788. The SMILES string of the molecule is CC(S)C(=O)N1Cc2ccccc2C=Cc2ccccc21. The molecule has 0 spiro atoms. The van der Waals surface area contributed by atoms with Gasteiger partial charge in [0.2, 0.25) is 5.91 Å². The van der Waals surface area contributed by atoms with E-state index in [1.54, 1.807) is 0 Å². The Bertz CT molecular complexity index is 706. The van der Waals surface area contributed by atoms with Crippen molar-refractivity contribution in [1.29, 1.82) is 0 Å². The molecule has 2 aromatic carbocycles. The van der Waals surface area contributed by atoms with Crippen LogP contribution in [0.25, 0.3) is 12.2 Å². The molecule has 106 valence electrons. The molecule has 21 heavy (non-hydrogen) atoms. The van der Waals surface area contributed by atoms with Gasteiger partial charge in [0.1, 0.15) is 0 Å². The highest BCUT2D eigenvalue weighted by Crippen LogP contribution is 2.29. The number of nitrogens with zero attached hydrogens (tertiary/aromatic N) is 1. The molecule has 0 N–H and O–H groups in total. The minimum atomic E-state index is -0.325. The minimum Gasteiger partial charge on any atom is -0.306 e. The van der Waals surface area contributed by atoms with Crippen LogP contribution in [0.5, 0.6) is 0 Å². The third kappa shape index (κ3) is 2.74. The van der Waals surface area contributed by atoms with Gasteiger partial charge in [-0.1, -0.05) is 54.6 Å². The van der Waals surface area contributed by atoms with Gasteiger partial charge in [-0.15, -0.1) is 0 Å². The van der Waals surface area contributed by atoms with Gasteiger partial charge in [-0.25, -0.2) is 0 Å². The molecule has 2 aromatic rings. The van der Waals surface area contributed by atoms with E-state index in [1.165, 1.54) is 0 Å². The summed E-state index contributed by atoms with van der Waals surface area (Å²) in [6, 6.07) is 16.1. The fraction of sp³-hybridized carbons (Fsp3) is 0.167. The average molecular weight is 295 g/mol. The van der Waals surface area contributed by atoms with E-state index in [0.29, 0.717) is 6.54 Å². The van der Waals surface area contributed by atoms with Crippen molar-refractivity contribution in [2.24, 2.45) is 0 Å². The van der Waals surface area contributed by atoms with Gasteiger partial charge in [0.05, 0.1) is 17.5 Å². The fourth-order valence-corrected chi connectivity index (χ4v) is 2.71. The van der Waals surface area contributed by atoms with E-state index in [1.807, 2.05) is 48.2 Å². The number of benzene rings is 2. The Morgan fingerprint density at radius 2 is 1.67 bits per heavy atom. The summed E-state index contributed by atoms with van der Waals surface area (Å²) in [5.74, 6) is 0.0240. The zero-order valence-electron chi connectivity index (χ0n) is 11.9. The number of hydrogen-bond donors (Lipinski definition) is 1. The molecular formula is C18H17NOS. The standard InChI is InChI=1S/C18H17NOS/c1-13(21)18(20)19-12-16-8-3-2-6-14(16)10-11-15-7-4-5-9-17(15)19/h2-11,13,21H,12H2,1H3. The van der Waals surface area contributed by atoms with E-state index in [9.17, 15) is 4.79 Å². The molecule has 0 radical (unpaired) electrons. The largest absolute Gasteiger partial charge is 0.306 e. The Labute approximate surface area is 130 Å². The van der Waals surface area contributed by atoms with Crippen molar-refractivity contribution in [3.63, 3.8) is 0 Å². The lowest BCUT2D eigenvalue weighted by Crippen LogP contribution is -2.36. The molecule has 0 aliphatic carbocycles. The Hall–Kier alpha value is -2.00. The van der Waals surface area contributed by atoms with Crippen molar-refractivity contribution in [2.75, 3.05) is 4.90 Å². The number of carbonyl (C=O) groups is 1. The van der Waals surface area contributed by atoms with Crippen LogP contribution in [0.2, 0.25) is 0 Å². The van der Waals surface area contributed by atoms with Crippen LogP contribution in [0.1, 0.15) is 23.6 Å². The van der Waals surface area contributed by atoms with E-state index >= 15 is 0 Å². The molecule has 1 amide bonds. The summed E-state index contributed by atoms with van der Waals surface area (Å²) in [6.07, 6.45) is 4.18. The molecule has 1 atom stereocenters. The van der Waals surface area contributed by atoms with Crippen LogP contribution in [0.15, 0.2) is 48.5 Å². The highest BCUT2D eigenvalue weighted by molar-refractivity contribution is 7.81. The topological polar surface area (TPSA) is 20.3 Å². The van der Waals surface area contributed by atoms with Gasteiger partial charge in [-0.2, -0.15) is 12.6 Å². The molecule has 0 aromatic heterocycles. The van der Waals surface area contributed by atoms with E-state index in [0.717, 1.165) is 22.4 Å². The van der Waals surface area contributed by atoms with Crippen LogP contribution in [0, 0.1) is 0 Å². The Balaban J connectivity index is 2.16. The lowest BCUT2D eigenvalue weighted by molar-refractivity contribution is -0.117. The van der Waals surface area contributed by atoms with Crippen LogP contribution >= 0.6 is 12.6 Å². The Morgan fingerprint density at radius 3 is 2.43 bits per heavy atom. The summed E-state index contributed by atoms with van der Waals surface area (Å²) >= 11 is 4.32. The van der Waals surface area contributed by atoms with Crippen LogP contribution in [0.4, 0.5) is 5.69 Å². The fourth-order valence-electron chi connectivity index (χ4n) is 2.57. The highest BCUT2D eigenvalue weighted by atomic mass is 32.1. The summed E-state index contributed by atoms with van der Waals surface area (Å²) in [6.45, 7) is 2.38. The number of carbonyl (C=O) groups excluding carboxylic acids is 1. The second-order valence-corrected chi connectivity index (χ2v) is 5.97. The monoisotopic (exact) mass is 295 g/mol. The first-order valence-electron chi connectivity index (χ1n) is 7.01. The van der Waals surface area contributed by atoms with Crippen molar-refractivity contribution >= 4 is 36.4 Å². The first kappa shape index (κ1) is 14.0. The zero-order valence-corrected chi connectivity index (χ0v) is 12.8. The van der Waals surface area contributed by atoms with Crippen LogP contribution < -0.4 is 4.90 Å². The lowest BCUT2D eigenvalue weighted by Gasteiger charge is -2.28. The Kier molecular flexibility index (Phi) is 3.84. The normalized spacial score (nSPS) is 14.7. The number of thiol groups is 1. The van der Waals surface area contributed by atoms with Gasteiger partial charge in [0.15, 0.2) is 0 Å². The van der Waals surface area contributed by atoms with Crippen molar-refractivity contribution in [1.82, 2.24) is 0 Å². The van der Waals surface area contributed by atoms with Gasteiger partial charge in [-0.3, -0.25) is 4.79 Å². The predicted octanol–water partition coefficient (Wildman–Crippen LogP) is 4.02. The Morgan fingerprint density at radius 1 is 1.05 bits per heavy atom. The maximum atomic E-state index is 12.6. The number of para-hydroxylation sites is 1. The van der Waals surface area contributed by atoms with E-state index in [2.05, 4.69) is 36.9 Å².